The number of hydrogen-bond acceptors (Lipinski definition) is 4. The van der Waals surface area contributed by atoms with Gasteiger partial charge in [0.1, 0.15) is 5.01 Å². The molecule has 0 bridgehead atoms. The van der Waals surface area contributed by atoms with Gasteiger partial charge in [0.05, 0.1) is 5.54 Å². The lowest BCUT2D eigenvalue weighted by Crippen LogP contribution is -2.46. The molecule has 1 saturated heterocycles. The highest BCUT2D eigenvalue weighted by molar-refractivity contribution is 7.09. The SMILES string of the molecule is CC(C)(NC1CCOCC1)c1nccs1. The number of nitrogens with one attached hydrogen (secondary N) is 1. The van der Waals surface area contributed by atoms with E-state index in [1.165, 1.54) is 0 Å². The number of hydrogen-bond donors (Lipinski definition) is 1. The summed E-state index contributed by atoms with van der Waals surface area (Å²) in [5.41, 5.74) is -0.0177. The van der Waals surface area contributed by atoms with Crippen molar-refractivity contribution < 1.29 is 4.74 Å². The fraction of sp³-hybridized carbons (Fsp3) is 0.727. The van der Waals surface area contributed by atoms with E-state index in [4.69, 9.17) is 4.74 Å². The van der Waals surface area contributed by atoms with E-state index in [2.05, 4.69) is 24.1 Å². The third-order valence-corrected chi connectivity index (χ3v) is 3.85. The van der Waals surface area contributed by atoms with E-state index in [0.717, 1.165) is 31.1 Å². The molecule has 1 N–H and O–H groups in total. The Morgan fingerprint density at radius 3 is 2.80 bits per heavy atom. The van der Waals surface area contributed by atoms with Gasteiger partial charge in [0.15, 0.2) is 0 Å². The van der Waals surface area contributed by atoms with E-state index in [0.29, 0.717) is 6.04 Å². The van der Waals surface area contributed by atoms with E-state index in [1.54, 1.807) is 11.3 Å². The van der Waals surface area contributed by atoms with E-state index in [9.17, 15) is 0 Å². The summed E-state index contributed by atoms with van der Waals surface area (Å²) >= 11 is 1.71. The van der Waals surface area contributed by atoms with E-state index in [-0.39, 0.29) is 5.54 Å². The molecule has 2 heterocycles. The fourth-order valence-corrected chi connectivity index (χ4v) is 2.67. The van der Waals surface area contributed by atoms with Gasteiger partial charge in [-0.2, -0.15) is 0 Å². The molecule has 0 saturated carbocycles. The summed E-state index contributed by atoms with van der Waals surface area (Å²) in [7, 11) is 0. The summed E-state index contributed by atoms with van der Waals surface area (Å²) in [4.78, 5) is 4.38. The summed E-state index contributed by atoms with van der Waals surface area (Å²) in [5.74, 6) is 0. The Bertz CT molecular complexity index is 292. The Balaban J connectivity index is 1.97. The Morgan fingerprint density at radius 1 is 1.47 bits per heavy atom. The molecule has 1 aliphatic heterocycles. The van der Waals surface area contributed by atoms with Crippen molar-refractivity contribution in [3.05, 3.63) is 16.6 Å². The first-order valence-electron chi connectivity index (χ1n) is 5.44. The molecule has 4 heteroatoms. The highest BCUT2D eigenvalue weighted by atomic mass is 32.1. The molecule has 1 aromatic heterocycles. The van der Waals surface area contributed by atoms with Crippen LogP contribution in [0.1, 0.15) is 31.7 Å². The van der Waals surface area contributed by atoms with Gasteiger partial charge in [-0.1, -0.05) is 0 Å². The topological polar surface area (TPSA) is 34.1 Å². The molecular formula is C11H18N2OS. The summed E-state index contributed by atoms with van der Waals surface area (Å²) < 4.78 is 5.35. The van der Waals surface area contributed by atoms with Crippen molar-refractivity contribution in [1.29, 1.82) is 0 Å². The molecule has 0 spiro atoms. The Hall–Kier alpha value is -0.450. The summed E-state index contributed by atoms with van der Waals surface area (Å²) in [6, 6.07) is 0.567. The number of rotatable bonds is 3. The minimum Gasteiger partial charge on any atom is -0.381 e. The van der Waals surface area contributed by atoms with Gasteiger partial charge in [-0.15, -0.1) is 11.3 Å². The van der Waals surface area contributed by atoms with Crippen molar-refractivity contribution in [3.8, 4) is 0 Å². The quantitative estimate of drug-likeness (QED) is 0.857. The van der Waals surface area contributed by atoms with Crippen LogP contribution in [0.25, 0.3) is 0 Å². The summed E-state index contributed by atoms with van der Waals surface area (Å²) in [5, 5.41) is 6.86. The predicted molar refractivity (Wildman–Crippen MR) is 62.1 cm³/mol. The van der Waals surface area contributed by atoms with Gasteiger partial charge in [-0.3, -0.25) is 0 Å². The van der Waals surface area contributed by atoms with Crippen molar-refractivity contribution in [2.24, 2.45) is 0 Å². The number of aromatic nitrogens is 1. The van der Waals surface area contributed by atoms with Crippen LogP contribution in [0.4, 0.5) is 0 Å². The molecule has 1 aliphatic rings. The zero-order valence-corrected chi connectivity index (χ0v) is 10.1. The smallest absolute Gasteiger partial charge is 0.112 e. The second-order valence-electron chi connectivity index (χ2n) is 4.49. The maximum atomic E-state index is 5.35. The van der Waals surface area contributed by atoms with Crippen LogP contribution >= 0.6 is 11.3 Å². The van der Waals surface area contributed by atoms with Crippen LogP contribution < -0.4 is 5.32 Å². The van der Waals surface area contributed by atoms with Gasteiger partial charge in [0.2, 0.25) is 0 Å². The fourth-order valence-electron chi connectivity index (χ4n) is 1.95. The third-order valence-electron chi connectivity index (χ3n) is 2.75. The lowest BCUT2D eigenvalue weighted by atomic mass is 10.0. The first-order valence-corrected chi connectivity index (χ1v) is 6.32. The Kier molecular flexibility index (Phi) is 3.38. The lowest BCUT2D eigenvalue weighted by molar-refractivity contribution is 0.0699. The first kappa shape index (κ1) is 11.0. The average Bonchev–Trinajstić information content (AvgIpc) is 2.71. The van der Waals surface area contributed by atoms with Crippen molar-refractivity contribution in [2.45, 2.75) is 38.3 Å². The third kappa shape index (κ3) is 2.77. The van der Waals surface area contributed by atoms with Gasteiger partial charge in [-0.05, 0) is 26.7 Å². The van der Waals surface area contributed by atoms with Crippen molar-refractivity contribution in [1.82, 2.24) is 10.3 Å². The summed E-state index contributed by atoms with van der Waals surface area (Å²) in [6.45, 7) is 6.15. The molecule has 84 valence electrons. The average molecular weight is 226 g/mol. The Labute approximate surface area is 94.9 Å². The molecule has 15 heavy (non-hydrogen) atoms. The highest BCUT2D eigenvalue weighted by Crippen LogP contribution is 2.24. The molecular weight excluding hydrogens is 208 g/mol. The standard InChI is InChI=1S/C11H18N2OS/c1-11(2,10-12-5-8-15-10)13-9-3-6-14-7-4-9/h5,8-9,13H,3-4,6-7H2,1-2H3. The number of thiazole rings is 1. The van der Waals surface area contributed by atoms with Crippen LogP contribution in [-0.4, -0.2) is 24.2 Å². The highest BCUT2D eigenvalue weighted by Gasteiger charge is 2.27. The molecule has 1 fully saturated rings. The van der Waals surface area contributed by atoms with E-state index in [1.807, 2.05) is 11.6 Å². The molecule has 3 nitrogen and oxygen atoms in total. The van der Waals surface area contributed by atoms with Crippen LogP contribution in [0.3, 0.4) is 0 Å². The molecule has 0 amide bonds. The van der Waals surface area contributed by atoms with Gasteiger partial charge < -0.3 is 10.1 Å². The minimum absolute atomic E-state index is 0.0177. The normalized spacial score (nSPS) is 19.3. The van der Waals surface area contributed by atoms with Crippen LogP contribution in [0.2, 0.25) is 0 Å². The molecule has 2 rings (SSSR count). The Morgan fingerprint density at radius 2 is 2.20 bits per heavy atom. The van der Waals surface area contributed by atoms with Crippen LogP contribution in [0.15, 0.2) is 11.6 Å². The van der Waals surface area contributed by atoms with Crippen LogP contribution in [-0.2, 0) is 10.3 Å². The van der Waals surface area contributed by atoms with Crippen LogP contribution in [0.5, 0.6) is 0 Å². The number of nitrogens with zero attached hydrogens (tertiary/aromatic N) is 1. The second kappa shape index (κ2) is 4.60. The van der Waals surface area contributed by atoms with Gasteiger partial charge in [0.25, 0.3) is 0 Å². The first-order chi connectivity index (χ1) is 7.18. The summed E-state index contributed by atoms with van der Waals surface area (Å²) in [6.07, 6.45) is 4.08. The van der Waals surface area contributed by atoms with Gasteiger partial charge >= 0.3 is 0 Å². The second-order valence-corrected chi connectivity index (χ2v) is 5.39. The maximum Gasteiger partial charge on any atom is 0.112 e. The van der Waals surface area contributed by atoms with Crippen molar-refractivity contribution in [3.63, 3.8) is 0 Å². The molecule has 0 radical (unpaired) electrons. The van der Waals surface area contributed by atoms with E-state index >= 15 is 0 Å². The molecule has 1 aromatic rings. The van der Waals surface area contributed by atoms with Crippen molar-refractivity contribution >= 4 is 11.3 Å². The van der Waals surface area contributed by atoms with Crippen LogP contribution in [0, 0.1) is 0 Å². The largest absolute Gasteiger partial charge is 0.381 e. The van der Waals surface area contributed by atoms with Gasteiger partial charge in [-0.25, -0.2) is 4.98 Å². The minimum atomic E-state index is -0.0177. The van der Waals surface area contributed by atoms with E-state index < -0.39 is 0 Å². The predicted octanol–water partition coefficient (Wildman–Crippen LogP) is 2.15. The van der Waals surface area contributed by atoms with Gasteiger partial charge in [0, 0.05) is 30.8 Å². The monoisotopic (exact) mass is 226 g/mol. The lowest BCUT2D eigenvalue weighted by Gasteiger charge is -2.32. The van der Waals surface area contributed by atoms with Crippen molar-refractivity contribution in [2.75, 3.05) is 13.2 Å². The maximum absolute atomic E-state index is 5.35. The molecule has 0 aliphatic carbocycles. The molecule has 0 aromatic carbocycles. The zero-order valence-electron chi connectivity index (χ0n) is 9.32. The zero-order chi connectivity index (χ0) is 10.7. The molecule has 0 unspecified atom stereocenters. The molecule has 0 atom stereocenters. The number of ether oxygens (including phenoxy) is 1.